The Morgan fingerprint density at radius 1 is 1.16 bits per heavy atom. The van der Waals surface area contributed by atoms with E-state index >= 15 is 0 Å². The van der Waals surface area contributed by atoms with E-state index in [1.165, 1.54) is 12.8 Å². The van der Waals surface area contributed by atoms with Crippen LogP contribution >= 0.6 is 34.8 Å². The van der Waals surface area contributed by atoms with Gasteiger partial charge in [-0.15, -0.1) is 0 Å². The van der Waals surface area contributed by atoms with Gasteiger partial charge in [0.15, 0.2) is 0 Å². The number of nitrogens with zero attached hydrogens (tertiary/aromatic N) is 1. The number of anilines is 1. The lowest BCUT2D eigenvalue weighted by Crippen LogP contribution is -2.34. The molecule has 106 valence electrons. The quantitative estimate of drug-likeness (QED) is 0.870. The molecule has 1 saturated heterocycles. The predicted octanol–water partition coefficient (Wildman–Crippen LogP) is 3.52. The summed E-state index contributed by atoms with van der Waals surface area (Å²) in [4.78, 5) is 2.26. The zero-order valence-corrected chi connectivity index (χ0v) is 12.8. The standard InChI is InChI=1S/C13H17Cl3N2O/c14-9-5-11(15)13(12(16)6-9)17-7-10(19)8-18-3-1-2-4-18/h5-6,10,17,19H,1-4,7-8H2. The summed E-state index contributed by atoms with van der Waals surface area (Å²) in [5, 5.41) is 14.5. The minimum absolute atomic E-state index is 0.414. The van der Waals surface area contributed by atoms with Gasteiger partial charge in [-0.3, -0.25) is 0 Å². The first-order chi connectivity index (χ1) is 9.06. The first-order valence-corrected chi connectivity index (χ1v) is 7.48. The van der Waals surface area contributed by atoms with Crippen molar-refractivity contribution in [2.24, 2.45) is 0 Å². The van der Waals surface area contributed by atoms with Crippen molar-refractivity contribution in [2.75, 3.05) is 31.5 Å². The highest BCUT2D eigenvalue weighted by Gasteiger charge is 2.16. The van der Waals surface area contributed by atoms with Crippen molar-refractivity contribution in [1.29, 1.82) is 0 Å². The Kier molecular flexibility index (Phi) is 5.60. The molecule has 0 aliphatic carbocycles. The molecule has 0 saturated carbocycles. The third-order valence-electron chi connectivity index (χ3n) is 3.19. The van der Waals surface area contributed by atoms with Crippen molar-refractivity contribution < 1.29 is 5.11 Å². The van der Waals surface area contributed by atoms with E-state index in [0.717, 1.165) is 13.1 Å². The van der Waals surface area contributed by atoms with E-state index in [4.69, 9.17) is 34.8 Å². The zero-order chi connectivity index (χ0) is 13.8. The first-order valence-electron chi connectivity index (χ1n) is 6.35. The number of nitrogens with one attached hydrogen (secondary N) is 1. The SMILES string of the molecule is OC(CNc1c(Cl)cc(Cl)cc1Cl)CN1CCCC1. The summed E-state index contributed by atoms with van der Waals surface area (Å²) in [6.07, 6.45) is 1.99. The molecular weight excluding hydrogens is 307 g/mol. The summed E-state index contributed by atoms with van der Waals surface area (Å²) < 4.78 is 0. The summed E-state index contributed by atoms with van der Waals surface area (Å²) in [7, 11) is 0. The van der Waals surface area contributed by atoms with E-state index in [2.05, 4.69) is 10.2 Å². The van der Waals surface area contributed by atoms with Crippen molar-refractivity contribution in [2.45, 2.75) is 18.9 Å². The molecule has 0 aromatic heterocycles. The van der Waals surface area contributed by atoms with Crippen LogP contribution in [-0.2, 0) is 0 Å². The van der Waals surface area contributed by atoms with Gasteiger partial charge in [-0.2, -0.15) is 0 Å². The molecule has 1 aromatic carbocycles. The van der Waals surface area contributed by atoms with Crippen molar-refractivity contribution in [3.8, 4) is 0 Å². The number of hydrogen-bond donors (Lipinski definition) is 2. The molecule has 2 N–H and O–H groups in total. The smallest absolute Gasteiger partial charge is 0.0839 e. The number of rotatable bonds is 5. The van der Waals surface area contributed by atoms with Crippen LogP contribution < -0.4 is 5.32 Å². The average Bonchev–Trinajstić information content (AvgIpc) is 2.80. The molecule has 1 aliphatic heterocycles. The fourth-order valence-corrected chi connectivity index (χ4v) is 3.21. The van der Waals surface area contributed by atoms with Gasteiger partial charge in [-0.25, -0.2) is 0 Å². The van der Waals surface area contributed by atoms with E-state index in [0.29, 0.717) is 33.8 Å². The van der Waals surface area contributed by atoms with Crippen LogP contribution in [0.15, 0.2) is 12.1 Å². The monoisotopic (exact) mass is 322 g/mol. The van der Waals surface area contributed by atoms with Crippen LogP contribution in [0.2, 0.25) is 15.1 Å². The largest absolute Gasteiger partial charge is 0.390 e. The zero-order valence-electron chi connectivity index (χ0n) is 10.5. The number of benzene rings is 1. The van der Waals surface area contributed by atoms with Gasteiger partial charge in [-0.1, -0.05) is 34.8 Å². The van der Waals surface area contributed by atoms with Gasteiger partial charge in [0.2, 0.25) is 0 Å². The third-order valence-corrected chi connectivity index (χ3v) is 4.00. The van der Waals surface area contributed by atoms with Gasteiger partial charge >= 0.3 is 0 Å². The number of likely N-dealkylation sites (tertiary alicyclic amines) is 1. The summed E-state index contributed by atoms with van der Waals surface area (Å²) in [5.41, 5.74) is 0.619. The van der Waals surface area contributed by atoms with Gasteiger partial charge in [0.25, 0.3) is 0 Å². The number of hydrogen-bond acceptors (Lipinski definition) is 3. The second-order valence-electron chi connectivity index (χ2n) is 4.79. The van der Waals surface area contributed by atoms with Crippen LogP contribution in [0.25, 0.3) is 0 Å². The van der Waals surface area contributed by atoms with Crippen molar-refractivity contribution in [3.05, 3.63) is 27.2 Å². The molecule has 19 heavy (non-hydrogen) atoms. The molecule has 1 aromatic rings. The molecule has 2 rings (SSSR count). The maximum atomic E-state index is 9.99. The summed E-state index contributed by atoms with van der Waals surface area (Å²) in [6, 6.07) is 3.26. The fraction of sp³-hybridized carbons (Fsp3) is 0.538. The van der Waals surface area contributed by atoms with Crippen LogP contribution in [0.5, 0.6) is 0 Å². The number of aliphatic hydroxyl groups is 1. The fourth-order valence-electron chi connectivity index (χ4n) is 2.26. The molecule has 1 aliphatic rings. The van der Waals surface area contributed by atoms with Crippen LogP contribution in [0.4, 0.5) is 5.69 Å². The second kappa shape index (κ2) is 7.00. The average molecular weight is 324 g/mol. The van der Waals surface area contributed by atoms with Gasteiger partial charge in [0, 0.05) is 18.1 Å². The lowest BCUT2D eigenvalue weighted by atomic mass is 10.2. The van der Waals surface area contributed by atoms with Gasteiger partial charge in [0.05, 0.1) is 21.8 Å². The topological polar surface area (TPSA) is 35.5 Å². The number of halogens is 3. The Morgan fingerprint density at radius 3 is 2.32 bits per heavy atom. The Bertz CT molecular complexity index is 413. The Hall–Kier alpha value is -0.190. The second-order valence-corrected chi connectivity index (χ2v) is 6.04. The van der Waals surface area contributed by atoms with Crippen LogP contribution in [-0.4, -0.2) is 42.3 Å². The lowest BCUT2D eigenvalue weighted by molar-refractivity contribution is 0.135. The highest BCUT2D eigenvalue weighted by molar-refractivity contribution is 6.41. The van der Waals surface area contributed by atoms with Crippen LogP contribution in [0.1, 0.15) is 12.8 Å². The molecule has 0 radical (unpaired) electrons. The van der Waals surface area contributed by atoms with Crippen molar-refractivity contribution >= 4 is 40.5 Å². The lowest BCUT2D eigenvalue weighted by Gasteiger charge is -2.20. The molecule has 0 bridgehead atoms. The molecule has 0 spiro atoms. The molecule has 1 atom stereocenters. The summed E-state index contributed by atoms with van der Waals surface area (Å²) in [5.74, 6) is 0. The molecule has 3 nitrogen and oxygen atoms in total. The van der Waals surface area contributed by atoms with Crippen molar-refractivity contribution in [1.82, 2.24) is 4.90 Å². The van der Waals surface area contributed by atoms with E-state index in [9.17, 15) is 5.11 Å². The molecule has 0 amide bonds. The molecular formula is C13H17Cl3N2O. The Morgan fingerprint density at radius 2 is 1.74 bits per heavy atom. The Labute approximate surface area is 128 Å². The Balaban J connectivity index is 1.87. The molecule has 1 fully saturated rings. The molecule has 1 unspecified atom stereocenters. The van der Waals surface area contributed by atoms with Crippen LogP contribution in [0, 0.1) is 0 Å². The van der Waals surface area contributed by atoms with Gasteiger partial charge in [-0.05, 0) is 38.1 Å². The first kappa shape index (κ1) is 15.2. The molecule has 6 heteroatoms. The third kappa shape index (κ3) is 4.40. The van der Waals surface area contributed by atoms with E-state index in [1.54, 1.807) is 12.1 Å². The minimum Gasteiger partial charge on any atom is -0.390 e. The van der Waals surface area contributed by atoms with E-state index in [1.807, 2.05) is 0 Å². The normalized spacial score (nSPS) is 17.7. The number of aliphatic hydroxyl groups excluding tert-OH is 1. The summed E-state index contributed by atoms with van der Waals surface area (Å²) >= 11 is 18.0. The predicted molar refractivity (Wildman–Crippen MR) is 81.6 cm³/mol. The van der Waals surface area contributed by atoms with E-state index in [-0.39, 0.29) is 0 Å². The van der Waals surface area contributed by atoms with Gasteiger partial charge < -0.3 is 15.3 Å². The summed E-state index contributed by atoms with van der Waals surface area (Å²) in [6.45, 7) is 3.23. The van der Waals surface area contributed by atoms with Crippen molar-refractivity contribution in [3.63, 3.8) is 0 Å². The van der Waals surface area contributed by atoms with E-state index < -0.39 is 6.10 Å². The highest BCUT2D eigenvalue weighted by Crippen LogP contribution is 2.33. The van der Waals surface area contributed by atoms with Crippen LogP contribution in [0.3, 0.4) is 0 Å². The maximum Gasteiger partial charge on any atom is 0.0839 e. The van der Waals surface area contributed by atoms with Gasteiger partial charge in [0.1, 0.15) is 0 Å². The maximum absolute atomic E-state index is 9.99. The number of β-amino-alcohol motifs (C(OH)–C–C–N with tert-alkyl or cyclic N) is 1. The minimum atomic E-state index is -0.444. The highest BCUT2D eigenvalue weighted by atomic mass is 35.5. The molecule has 1 heterocycles.